The molecule has 31 heavy (non-hydrogen) atoms. The van der Waals surface area contributed by atoms with Gasteiger partial charge in [0.05, 0.1) is 10.8 Å². The van der Waals surface area contributed by atoms with Crippen LogP contribution >= 0.6 is 0 Å². The number of carboxylic acids is 2. The lowest BCUT2D eigenvalue weighted by atomic mass is 9.97. The van der Waals surface area contributed by atoms with Crippen molar-refractivity contribution in [1.29, 1.82) is 0 Å². The van der Waals surface area contributed by atoms with E-state index in [4.69, 9.17) is 10.2 Å². The van der Waals surface area contributed by atoms with Gasteiger partial charge in [0.15, 0.2) is 0 Å². The molecule has 4 rings (SSSR count). The molecule has 8 heteroatoms. The predicted octanol–water partition coefficient (Wildman–Crippen LogP) is 2.41. The van der Waals surface area contributed by atoms with Gasteiger partial charge in [-0.15, -0.1) is 0 Å². The van der Waals surface area contributed by atoms with Crippen molar-refractivity contribution in [3.05, 3.63) is 71.8 Å². The maximum Gasteiger partial charge on any atom is 0.328 e. The molecule has 0 saturated carbocycles. The predicted molar refractivity (Wildman–Crippen MR) is 117 cm³/mol. The van der Waals surface area contributed by atoms with Crippen LogP contribution in [0, 0.1) is 0 Å². The summed E-state index contributed by atoms with van der Waals surface area (Å²) < 4.78 is 13.1. The van der Waals surface area contributed by atoms with Crippen LogP contribution in [0.3, 0.4) is 0 Å². The molecule has 0 aliphatic carbocycles. The summed E-state index contributed by atoms with van der Waals surface area (Å²) >= 11 is 0. The summed E-state index contributed by atoms with van der Waals surface area (Å²) in [5, 5.41) is 15.6. The van der Waals surface area contributed by atoms with Crippen LogP contribution in [0.5, 0.6) is 0 Å². The molecule has 2 heterocycles. The highest BCUT2D eigenvalue weighted by molar-refractivity contribution is 7.85. The Bertz CT molecular complexity index is 983. The van der Waals surface area contributed by atoms with Gasteiger partial charge in [-0.3, -0.25) is 4.90 Å². The van der Waals surface area contributed by atoms with Crippen molar-refractivity contribution in [1.82, 2.24) is 9.80 Å². The molecular formula is C23H26N2O5S. The van der Waals surface area contributed by atoms with Crippen LogP contribution in [0.1, 0.15) is 17.2 Å². The van der Waals surface area contributed by atoms with E-state index in [1.807, 2.05) is 24.3 Å². The number of fused-ring (bicyclic) bond motifs is 2. The minimum Gasteiger partial charge on any atom is -0.478 e. The first-order valence-corrected chi connectivity index (χ1v) is 11.2. The Morgan fingerprint density at radius 1 is 0.903 bits per heavy atom. The van der Waals surface area contributed by atoms with Crippen LogP contribution in [0.25, 0.3) is 0 Å². The van der Waals surface area contributed by atoms with E-state index in [1.54, 1.807) is 0 Å². The quantitative estimate of drug-likeness (QED) is 0.705. The van der Waals surface area contributed by atoms with Crippen LogP contribution in [0.15, 0.2) is 70.5 Å². The van der Waals surface area contributed by atoms with Gasteiger partial charge in [0.25, 0.3) is 0 Å². The number of carboxylic acid groups (broad SMARTS) is 2. The normalized spacial score (nSPS) is 21.3. The molecule has 164 valence electrons. The summed E-state index contributed by atoms with van der Waals surface area (Å²) in [4.78, 5) is 26.0. The molecule has 2 aliphatic rings. The van der Waals surface area contributed by atoms with Crippen LogP contribution in [-0.4, -0.2) is 69.4 Å². The van der Waals surface area contributed by atoms with E-state index in [2.05, 4.69) is 41.1 Å². The monoisotopic (exact) mass is 442 g/mol. The van der Waals surface area contributed by atoms with Gasteiger partial charge >= 0.3 is 11.9 Å². The summed E-state index contributed by atoms with van der Waals surface area (Å²) in [5.74, 6) is -2.51. The van der Waals surface area contributed by atoms with E-state index in [0.717, 1.165) is 42.4 Å². The van der Waals surface area contributed by atoms with E-state index in [-0.39, 0.29) is 0 Å². The first kappa shape index (κ1) is 22.9. The molecule has 0 radical (unpaired) electrons. The number of carbonyl (C=O) groups is 2. The zero-order valence-electron chi connectivity index (χ0n) is 17.3. The molecule has 7 nitrogen and oxygen atoms in total. The van der Waals surface area contributed by atoms with Crippen LogP contribution < -0.4 is 0 Å². The molecule has 2 unspecified atom stereocenters. The lowest BCUT2D eigenvalue weighted by Crippen LogP contribution is -2.46. The summed E-state index contributed by atoms with van der Waals surface area (Å²) in [6, 6.07) is 16.8. The van der Waals surface area contributed by atoms with Gasteiger partial charge in [-0.1, -0.05) is 36.4 Å². The zero-order valence-corrected chi connectivity index (χ0v) is 18.1. The average Bonchev–Trinajstić information content (AvgIpc) is 2.89. The molecule has 2 N–H and O–H groups in total. The fourth-order valence-electron chi connectivity index (χ4n) is 3.82. The number of aliphatic carboxylic acids is 2. The highest BCUT2D eigenvalue weighted by Gasteiger charge is 2.31. The molecular weight excluding hydrogens is 416 g/mol. The Balaban J connectivity index is 0.000000293. The number of hydrogen-bond acceptors (Lipinski definition) is 5. The maximum atomic E-state index is 13.1. The van der Waals surface area contributed by atoms with E-state index < -0.39 is 22.7 Å². The number of piperazine rings is 1. The summed E-state index contributed by atoms with van der Waals surface area (Å²) in [5.41, 5.74) is 2.47. The molecule has 0 bridgehead atoms. The first-order chi connectivity index (χ1) is 14.9. The standard InChI is InChI=1S/C19H22N2OS.C4H4O4/c1-20-10-12-21(13-11-20)17-14-15-6-2-4-8-18(15)23(22)19-9-5-3-7-16(17)19;5-3(6)1-2-4(7)8/h2-9,17H,10-14H2,1H3;1-2H,(H,5,6)(H,7,8)/b;2-1+. The van der Waals surface area contributed by atoms with Gasteiger partial charge in [-0.25, -0.2) is 13.8 Å². The Labute approximate surface area is 184 Å². The molecule has 1 saturated heterocycles. The van der Waals surface area contributed by atoms with E-state index in [9.17, 15) is 13.8 Å². The van der Waals surface area contributed by atoms with Gasteiger partial charge in [0.1, 0.15) is 0 Å². The third-order valence-electron chi connectivity index (χ3n) is 5.41. The summed E-state index contributed by atoms with van der Waals surface area (Å²) in [6.45, 7) is 4.35. The Hall–Kier alpha value is -2.81. The maximum absolute atomic E-state index is 13.1. The van der Waals surface area contributed by atoms with Gasteiger partial charge < -0.3 is 15.1 Å². The fraction of sp³-hybridized carbons (Fsp3) is 0.304. The minimum absolute atomic E-state index is 0.326. The van der Waals surface area contributed by atoms with Crippen LogP contribution in [0.4, 0.5) is 0 Å². The topological polar surface area (TPSA) is 98.2 Å². The van der Waals surface area contributed by atoms with Crippen molar-refractivity contribution in [2.45, 2.75) is 22.3 Å². The van der Waals surface area contributed by atoms with Gasteiger partial charge in [-0.05, 0) is 36.7 Å². The van der Waals surface area contributed by atoms with Crippen LogP contribution in [-0.2, 0) is 26.8 Å². The lowest BCUT2D eigenvalue weighted by Gasteiger charge is -2.38. The minimum atomic E-state index is -1.26. The third-order valence-corrected chi connectivity index (χ3v) is 6.98. The molecule has 2 aromatic carbocycles. The highest BCUT2D eigenvalue weighted by Crippen LogP contribution is 2.37. The number of likely N-dealkylation sites (N-methyl/N-ethyl adjacent to an activating group) is 1. The average molecular weight is 443 g/mol. The number of hydrogen-bond donors (Lipinski definition) is 2. The van der Waals surface area contributed by atoms with E-state index >= 15 is 0 Å². The molecule has 1 fully saturated rings. The van der Waals surface area contributed by atoms with Gasteiger partial charge in [-0.2, -0.15) is 0 Å². The van der Waals surface area contributed by atoms with Gasteiger partial charge in [0.2, 0.25) is 0 Å². The third kappa shape index (κ3) is 5.88. The van der Waals surface area contributed by atoms with Gasteiger partial charge in [0, 0.05) is 54.2 Å². The smallest absolute Gasteiger partial charge is 0.328 e. The number of rotatable bonds is 3. The van der Waals surface area contributed by atoms with Crippen molar-refractivity contribution < 1.29 is 24.0 Å². The second-order valence-corrected chi connectivity index (χ2v) is 8.90. The van der Waals surface area contributed by atoms with E-state index in [1.165, 1.54) is 11.1 Å². The number of nitrogens with zero attached hydrogens (tertiary/aromatic N) is 2. The Morgan fingerprint density at radius 3 is 2.06 bits per heavy atom. The van der Waals surface area contributed by atoms with Crippen molar-refractivity contribution >= 4 is 22.7 Å². The SMILES string of the molecule is CN1CCN(C2Cc3ccccc3S(=O)c3ccccc32)CC1.O=C(O)/C=C/C(=O)O. The molecule has 2 aliphatic heterocycles. The molecule has 2 aromatic rings. The summed E-state index contributed by atoms with van der Waals surface area (Å²) in [6.07, 6.45) is 2.06. The Kier molecular flexibility index (Phi) is 7.73. The molecule has 0 aromatic heterocycles. The van der Waals surface area contributed by atoms with E-state index in [0.29, 0.717) is 18.2 Å². The van der Waals surface area contributed by atoms with Crippen molar-refractivity contribution in [2.75, 3.05) is 33.2 Å². The Morgan fingerprint density at radius 2 is 1.45 bits per heavy atom. The number of benzene rings is 2. The van der Waals surface area contributed by atoms with Crippen molar-refractivity contribution in [3.63, 3.8) is 0 Å². The van der Waals surface area contributed by atoms with Crippen molar-refractivity contribution in [3.8, 4) is 0 Å². The highest BCUT2D eigenvalue weighted by atomic mass is 32.2. The molecule has 0 amide bonds. The lowest BCUT2D eigenvalue weighted by molar-refractivity contribution is -0.134. The fourth-order valence-corrected chi connectivity index (χ4v) is 5.27. The second-order valence-electron chi connectivity index (χ2n) is 7.48. The van der Waals surface area contributed by atoms with Crippen molar-refractivity contribution in [2.24, 2.45) is 0 Å². The molecule has 2 atom stereocenters. The summed E-state index contributed by atoms with van der Waals surface area (Å²) in [7, 11) is 1.11. The largest absolute Gasteiger partial charge is 0.478 e. The second kappa shape index (κ2) is 10.5. The molecule has 0 spiro atoms. The first-order valence-electron chi connectivity index (χ1n) is 10.0. The van der Waals surface area contributed by atoms with Crippen LogP contribution in [0.2, 0.25) is 0 Å². The zero-order chi connectivity index (χ0) is 22.4.